The lowest BCUT2D eigenvalue weighted by molar-refractivity contribution is 0.417. The minimum atomic E-state index is 0.606. The molecule has 0 heterocycles. The van der Waals surface area contributed by atoms with E-state index in [0.29, 0.717) is 5.11 Å². The number of ether oxygens (including phenoxy) is 1. The molecule has 3 nitrogen and oxygen atoms in total. The average molecular weight is 300 g/mol. The molecule has 21 heavy (non-hydrogen) atoms. The van der Waals surface area contributed by atoms with E-state index in [1.54, 1.807) is 7.11 Å². The minimum absolute atomic E-state index is 0.606. The summed E-state index contributed by atoms with van der Waals surface area (Å²) in [6.45, 7) is 2.83. The van der Waals surface area contributed by atoms with E-state index < -0.39 is 0 Å². The molecule has 0 aliphatic rings. The molecule has 0 fully saturated rings. The van der Waals surface area contributed by atoms with Gasteiger partial charge in [0.05, 0.1) is 12.8 Å². The van der Waals surface area contributed by atoms with Crippen molar-refractivity contribution in [3.05, 3.63) is 59.7 Å². The highest BCUT2D eigenvalue weighted by Gasteiger charge is 2.04. The number of anilines is 1. The summed E-state index contributed by atoms with van der Waals surface area (Å²) in [6.07, 6.45) is 0.938. The summed E-state index contributed by atoms with van der Waals surface area (Å²) >= 11 is 5.32. The van der Waals surface area contributed by atoms with E-state index in [2.05, 4.69) is 22.8 Å². The predicted octanol–water partition coefficient (Wildman–Crippen LogP) is 3.53. The van der Waals surface area contributed by atoms with Crippen LogP contribution < -0.4 is 15.4 Å². The van der Waals surface area contributed by atoms with Crippen molar-refractivity contribution in [3.8, 4) is 5.75 Å². The highest BCUT2D eigenvalue weighted by Crippen LogP contribution is 2.24. The Hall–Kier alpha value is -2.07. The molecule has 0 atom stereocenters. The number of methoxy groups -OCH3 is 1. The lowest BCUT2D eigenvalue weighted by Crippen LogP contribution is -2.30. The quantitative estimate of drug-likeness (QED) is 0.828. The molecule has 2 N–H and O–H groups in total. The summed E-state index contributed by atoms with van der Waals surface area (Å²) in [5.41, 5.74) is 3.33. The number of hydrogen-bond acceptors (Lipinski definition) is 2. The molecule has 2 aromatic rings. The van der Waals surface area contributed by atoms with E-state index in [-0.39, 0.29) is 0 Å². The normalized spacial score (nSPS) is 10.0. The molecular weight excluding hydrogens is 280 g/mol. The fraction of sp³-hybridized carbons (Fsp3) is 0.235. The maximum atomic E-state index is 5.33. The van der Waals surface area contributed by atoms with Crippen molar-refractivity contribution in [3.63, 3.8) is 0 Å². The Morgan fingerprint density at radius 3 is 2.62 bits per heavy atom. The van der Waals surface area contributed by atoms with Gasteiger partial charge in [-0.15, -0.1) is 0 Å². The van der Waals surface area contributed by atoms with Gasteiger partial charge in [-0.2, -0.15) is 0 Å². The third-order valence-electron chi connectivity index (χ3n) is 3.15. The summed E-state index contributed by atoms with van der Waals surface area (Å²) in [7, 11) is 1.65. The van der Waals surface area contributed by atoms with Crippen molar-refractivity contribution in [2.45, 2.75) is 13.3 Å². The van der Waals surface area contributed by atoms with E-state index >= 15 is 0 Å². The molecule has 110 valence electrons. The van der Waals surface area contributed by atoms with Crippen LogP contribution in [0.4, 0.5) is 5.69 Å². The SMILES string of the molecule is COc1ccc(C)cc1NC(=S)NCCc1ccccc1. The topological polar surface area (TPSA) is 33.3 Å². The van der Waals surface area contributed by atoms with Gasteiger partial charge < -0.3 is 15.4 Å². The van der Waals surface area contributed by atoms with Crippen LogP contribution in [0.25, 0.3) is 0 Å². The van der Waals surface area contributed by atoms with Crippen LogP contribution in [-0.2, 0) is 6.42 Å². The van der Waals surface area contributed by atoms with Gasteiger partial charge in [0.15, 0.2) is 5.11 Å². The summed E-state index contributed by atoms with van der Waals surface area (Å²) in [5, 5.41) is 7.01. The fourth-order valence-electron chi connectivity index (χ4n) is 2.05. The number of aryl methyl sites for hydroxylation is 1. The van der Waals surface area contributed by atoms with Gasteiger partial charge in [0, 0.05) is 6.54 Å². The van der Waals surface area contributed by atoms with Gasteiger partial charge in [0.25, 0.3) is 0 Å². The number of hydrogen-bond donors (Lipinski definition) is 2. The maximum absolute atomic E-state index is 5.33. The Morgan fingerprint density at radius 2 is 1.90 bits per heavy atom. The monoisotopic (exact) mass is 300 g/mol. The first-order valence-electron chi connectivity index (χ1n) is 6.92. The molecule has 0 aromatic heterocycles. The van der Waals surface area contributed by atoms with E-state index in [1.807, 2.05) is 43.3 Å². The molecule has 2 aromatic carbocycles. The first kappa shape index (κ1) is 15.3. The van der Waals surface area contributed by atoms with Gasteiger partial charge in [-0.25, -0.2) is 0 Å². The van der Waals surface area contributed by atoms with Crippen LogP contribution in [0, 0.1) is 6.92 Å². The van der Waals surface area contributed by atoms with E-state index in [0.717, 1.165) is 30.0 Å². The number of thiocarbonyl (C=S) groups is 1. The maximum Gasteiger partial charge on any atom is 0.170 e. The third kappa shape index (κ3) is 4.76. The van der Waals surface area contributed by atoms with E-state index in [1.165, 1.54) is 5.56 Å². The number of nitrogens with one attached hydrogen (secondary N) is 2. The standard InChI is InChI=1S/C17H20N2OS/c1-13-8-9-16(20-2)15(12-13)19-17(21)18-11-10-14-6-4-3-5-7-14/h3-9,12H,10-11H2,1-2H3,(H2,18,19,21). The number of rotatable bonds is 5. The summed E-state index contributed by atoms with van der Waals surface area (Å²) in [4.78, 5) is 0. The average Bonchev–Trinajstić information content (AvgIpc) is 2.48. The number of benzene rings is 2. The van der Waals surface area contributed by atoms with Gasteiger partial charge in [0.1, 0.15) is 5.75 Å². The highest BCUT2D eigenvalue weighted by atomic mass is 32.1. The summed E-state index contributed by atoms with van der Waals surface area (Å²) < 4.78 is 5.33. The van der Waals surface area contributed by atoms with Crippen LogP contribution in [0.5, 0.6) is 5.75 Å². The van der Waals surface area contributed by atoms with Crippen molar-refractivity contribution in [2.75, 3.05) is 19.0 Å². The van der Waals surface area contributed by atoms with Gasteiger partial charge in [0.2, 0.25) is 0 Å². The zero-order valence-corrected chi connectivity index (χ0v) is 13.2. The highest BCUT2D eigenvalue weighted by molar-refractivity contribution is 7.80. The zero-order valence-electron chi connectivity index (χ0n) is 12.3. The molecule has 4 heteroatoms. The molecule has 2 rings (SSSR count). The minimum Gasteiger partial charge on any atom is -0.495 e. The van der Waals surface area contributed by atoms with Gasteiger partial charge in [-0.05, 0) is 48.8 Å². The van der Waals surface area contributed by atoms with Crippen LogP contribution in [0.15, 0.2) is 48.5 Å². The Kier molecular flexibility index (Phi) is 5.58. The molecule has 0 aliphatic carbocycles. The van der Waals surface area contributed by atoms with Crippen LogP contribution in [0.3, 0.4) is 0 Å². The summed E-state index contributed by atoms with van der Waals surface area (Å²) in [6, 6.07) is 16.3. The van der Waals surface area contributed by atoms with Crippen molar-refractivity contribution < 1.29 is 4.74 Å². The third-order valence-corrected chi connectivity index (χ3v) is 3.39. The van der Waals surface area contributed by atoms with Crippen molar-refractivity contribution in [2.24, 2.45) is 0 Å². The molecule has 0 spiro atoms. The van der Waals surface area contributed by atoms with E-state index in [4.69, 9.17) is 17.0 Å². The zero-order chi connectivity index (χ0) is 15.1. The second-order valence-corrected chi connectivity index (χ2v) is 5.23. The Bertz CT molecular complexity index is 599. The van der Waals surface area contributed by atoms with Crippen LogP contribution in [0.1, 0.15) is 11.1 Å². The molecule has 0 saturated heterocycles. The Balaban J connectivity index is 1.86. The second kappa shape index (κ2) is 7.64. The van der Waals surface area contributed by atoms with Gasteiger partial charge in [-0.1, -0.05) is 36.4 Å². The molecule has 0 aliphatic heterocycles. The van der Waals surface area contributed by atoms with Gasteiger partial charge >= 0.3 is 0 Å². The second-order valence-electron chi connectivity index (χ2n) is 4.82. The molecular formula is C17H20N2OS. The molecule has 0 saturated carbocycles. The van der Waals surface area contributed by atoms with Crippen LogP contribution in [0.2, 0.25) is 0 Å². The predicted molar refractivity (Wildman–Crippen MR) is 92.1 cm³/mol. The molecule has 0 bridgehead atoms. The molecule has 0 unspecified atom stereocenters. The lowest BCUT2D eigenvalue weighted by Gasteiger charge is -2.14. The van der Waals surface area contributed by atoms with Crippen molar-refractivity contribution in [1.82, 2.24) is 5.32 Å². The molecule has 0 radical (unpaired) electrons. The lowest BCUT2D eigenvalue weighted by atomic mass is 10.1. The van der Waals surface area contributed by atoms with Crippen LogP contribution in [-0.4, -0.2) is 18.8 Å². The Morgan fingerprint density at radius 1 is 1.14 bits per heavy atom. The van der Waals surface area contributed by atoms with Crippen molar-refractivity contribution in [1.29, 1.82) is 0 Å². The smallest absolute Gasteiger partial charge is 0.170 e. The molecule has 0 amide bonds. The fourth-order valence-corrected chi connectivity index (χ4v) is 2.26. The van der Waals surface area contributed by atoms with Crippen LogP contribution >= 0.6 is 12.2 Å². The Labute approximate surface area is 131 Å². The first-order valence-corrected chi connectivity index (χ1v) is 7.33. The first-order chi connectivity index (χ1) is 10.2. The van der Waals surface area contributed by atoms with Crippen molar-refractivity contribution >= 4 is 23.0 Å². The van der Waals surface area contributed by atoms with Gasteiger partial charge in [-0.3, -0.25) is 0 Å². The summed E-state index contributed by atoms with van der Waals surface area (Å²) in [5.74, 6) is 0.785. The largest absolute Gasteiger partial charge is 0.495 e. The van der Waals surface area contributed by atoms with E-state index in [9.17, 15) is 0 Å².